The van der Waals surface area contributed by atoms with Gasteiger partial charge < -0.3 is 9.80 Å². The van der Waals surface area contributed by atoms with Crippen LogP contribution in [0.15, 0.2) is 54.9 Å². The van der Waals surface area contributed by atoms with Crippen LogP contribution >= 0.6 is 11.6 Å². The summed E-state index contributed by atoms with van der Waals surface area (Å²) in [5.41, 5.74) is 1.25. The second-order valence-electron chi connectivity index (χ2n) is 7.24. The molecule has 31 heavy (non-hydrogen) atoms. The number of halogens is 2. The third-order valence-corrected chi connectivity index (χ3v) is 5.59. The van der Waals surface area contributed by atoms with E-state index in [0.717, 1.165) is 11.6 Å². The lowest BCUT2D eigenvalue weighted by atomic mass is 10.0. The van der Waals surface area contributed by atoms with Crippen LogP contribution in [0.4, 0.5) is 4.39 Å². The van der Waals surface area contributed by atoms with E-state index in [1.54, 1.807) is 9.80 Å². The van der Waals surface area contributed by atoms with Crippen LogP contribution < -0.4 is 0 Å². The van der Waals surface area contributed by atoms with Crippen LogP contribution in [0.25, 0.3) is 0 Å². The molecule has 1 unspecified atom stereocenters. The van der Waals surface area contributed by atoms with E-state index in [0.29, 0.717) is 32.6 Å². The number of nitrogens with zero attached hydrogens (tertiary/aromatic N) is 6. The number of carbonyl (C=O) groups excluding carboxylic acids is 2. The third kappa shape index (κ3) is 4.72. The fourth-order valence-electron chi connectivity index (χ4n) is 3.62. The third-order valence-electron chi connectivity index (χ3n) is 5.28. The zero-order chi connectivity index (χ0) is 21.8. The minimum absolute atomic E-state index is 0.0742. The molecule has 0 spiro atoms. The molecule has 1 atom stereocenters. The molecule has 1 saturated heterocycles. The first-order valence-corrected chi connectivity index (χ1v) is 10.2. The van der Waals surface area contributed by atoms with Gasteiger partial charge >= 0.3 is 0 Å². The molecule has 2 heterocycles. The van der Waals surface area contributed by atoms with Gasteiger partial charge in [-0.15, -0.1) is 5.10 Å². The quantitative estimate of drug-likeness (QED) is 0.605. The standard InChI is InChI=1S/C21H20ClFN6O2/c22-18-13-16(23)6-7-17(18)20(30)27-8-10-28(11-9-27)21(31)19(29-14-24-25-26-29)12-15-4-2-1-3-5-15/h1-7,13-14,19H,8-12H2. The van der Waals surface area contributed by atoms with Crippen LogP contribution in [0.3, 0.4) is 0 Å². The zero-order valence-electron chi connectivity index (χ0n) is 16.6. The number of benzene rings is 2. The van der Waals surface area contributed by atoms with Crippen molar-refractivity contribution in [2.45, 2.75) is 12.5 Å². The van der Waals surface area contributed by atoms with Gasteiger partial charge in [0.1, 0.15) is 18.2 Å². The molecule has 1 aromatic heterocycles. The first-order valence-electron chi connectivity index (χ1n) is 9.82. The lowest BCUT2D eigenvalue weighted by Gasteiger charge is -2.36. The van der Waals surface area contributed by atoms with Crippen LogP contribution in [0, 0.1) is 5.82 Å². The van der Waals surface area contributed by atoms with Crippen molar-refractivity contribution < 1.29 is 14.0 Å². The van der Waals surface area contributed by atoms with E-state index in [2.05, 4.69) is 15.5 Å². The van der Waals surface area contributed by atoms with Crippen LogP contribution in [0.2, 0.25) is 5.02 Å². The van der Waals surface area contributed by atoms with E-state index in [1.165, 1.54) is 23.1 Å². The Bertz CT molecular complexity index is 1050. The number of hydrogen-bond donors (Lipinski definition) is 0. The molecular weight excluding hydrogens is 423 g/mol. The molecule has 10 heteroatoms. The average Bonchev–Trinajstić information content (AvgIpc) is 3.32. The topological polar surface area (TPSA) is 84.2 Å². The van der Waals surface area contributed by atoms with Crippen molar-refractivity contribution in [3.63, 3.8) is 0 Å². The van der Waals surface area contributed by atoms with Gasteiger partial charge in [-0.25, -0.2) is 9.07 Å². The molecule has 2 aromatic carbocycles. The minimum atomic E-state index is -0.578. The first kappa shape index (κ1) is 20.9. The van der Waals surface area contributed by atoms with E-state index in [1.807, 2.05) is 30.3 Å². The summed E-state index contributed by atoms with van der Waals surface area (Å²) in [6, 6.07) is 12.8. The Kier molecular flexibility index (Phi) is 6.22. The Morgan fingerprint density at radius 2 is 1.74 bits per heavy atom. The number of amides is 2. The fourth-order valence-corrected chi connectivity index (χ4v) is 3.86. The number of hydrogen-bond acceptors (Lipinski definition) is 5. The number of rotatable bonds is 5. The summed E-state index contributed by atoms with van der Waals surface area (Å²) < 4.78 is 14.7. The van der Waals surface area contributed by atoms with Crippen molar-refractivity contribution in [3.8, 4) is 0 Å². The maximum absolute atomic E-state index is 13.3. The van der Waals surface area contributed by atoms with Crippen molar-refractivity contribution >= 4 is 23.4 Å². The van der Waals surface area contributed by atoms with E-state index in [-0.39, 0.29) is 22.4 Å². The highest BCUT2D eigenvalue weighted by Crippen LogP contribution is 2.21. The molecule has 0 bridgehead atoms. The molecule has 3 aromatic rings. The van der Waals surface area contributed by atoms with Crippen LogP contribution in [-0.2, 0) is 11.2 Å². The van der Waals surface area contributed by atoms with Gasteiger partial charge in [0.2, 0.25) is 5.91 Å². The molecular formula is C21H20ClFN6O2. The zero-order valence-corrected chi connectivity index (χ0v) is 17.3. The fraction of sp³-hybridized carbons (Fsp3) is 0.286. The normalized spacial score (nSPS) is 15.0. The van der Waals surface area contributed by atoms with E-state index in [9.17, 15) is 14.0 Å². The summed E-state index contributed by atoms with van der Waals surface area (Å²) in [4.78, 5) is 29.4. The average molecular weight is 443 g/mol. The minimum Gasteiger partial charge on any atom is -0.337 e. The smallest absolute Gasteiger partial charge is 0.255 e. The number of tetrazole rings is 1. The van der Waals surface area contributed by atoms with E-state index in [4.69, 9.17) is 11.6 Å². The molecule has 1 aliphatic heterocycles. The molecule has 4 rings (SSSR count). The largest absolute Gasteiger partial charge is 0.337 e. The van der Waals surface area contributed by atoms with Crippen LogP contribution in [-0.4, -0.2) is 68.0 Å². The van der Waals surface area contributed by atoms with Crippen LogP contribution in [0.5, 0.6) is 0 Å². The SMILES string of the molecule is O=C(c1ccc(F)cc1Cl)N1CCN(C(=O)C(Cc2ccccc2)n2cnnn2)CC1. The monoisotopic (exact) mass is 442 g/mol. The summed E-state index contributed by atoms with van der Waals surface area (Å²) in [7, 11) is 0. The van der Waals surface area contributed by atoms with Gasteiger partial charge in [-0.2, -0.15) is 0 Å². The van der Waals surface area contributed by atoms with Crippen molar-refractivity contribution in [3.05, 3.63) is 76.8 Å². The van der Waals surface area contributed by atoms with Crippen LogP contribution in [0.1, 0.15) is 22.0 Å². The maximum atomic E-state index is 13.3. The molecule has 1 fully saturated rings. The second kappa shape index (κ2) is 9.22. The van der Waals surface area contributed by atoms with E-state index < -0.39 is 11.9 Å². The molecule has 1 aliphatic rings. The predicted octanol–water partition coefficient (Wildman–Crippen LogP) is 2.23. The van der Waals surface area contributed by atoms with Crippen molar-refractivity contribution in [1.29, 1.82) is 0 Å². The van der Waals surface area contributed by atoms with Gasteiger partial charge in [0.25, 0.3) is 5.91 Å². The summed E-state index contributed by atoms with van der Waals surface area (Å²) in [6.07, 6.45) is 1.89. The lowest BCUT2D eigenvalue weighted by Crippen LogP contribution is -2.52. The summed E-state index contributed by atoms with van der Waals surface area (Å²) >= 11 is 6.02. The summed E-state index contributed by atoms with van der Waals surface area (Å²) in [5.74, 6) is -0.884. The van der Waals surface area contributed by atoms with Gasteiger partial charge in [-0.3, -0.25) is 9.59 Å². The van der Waals surface area contributed by atoms with Gasteiger partial charge in [-0.05, 0) is 34.2 Å². The lowest BCUT2D eigenvalue weighted by molar-refractivity contribution is -0.136. The van der Waals surface area contributed by atoms with Gasteiger partial charge in [-0.1, -0.05) is 41.9 Å². The number of piperazine rings is 1. The van der Waals surface area contributed by atoms with Crippen molar-refractivity contribution in [1.82, 2.24) is 30.0 Å². The molecule has 0 N–H and O–H groups in total. The van der Waals surface area contributed by atoms with Gasteiger partial charge in [0, 0.05) is 32.6 Å². The first-order chi connectivity index (χ1) is 15.0. The molecule has 0 saturated carbocycles. The predicted molar refractivity (Wildman–Crippen MR) is 111 cm³/mol. The Morgan fingerprint density at radius 3 is 2.39 bits per heavy atom. The Hall–Kier alpha value is -3.33. The molecule has 2 amide bonds. The second-order valence-corrected chi connectivity index (χ2v) is 7.64. The van der Waals surface area contributed by atoms with Gasteiger partial charge in [0.05, 0.1) is 10.6 Å². The Morgan fingerprint density at radius 1 is 1.03 bits per heavy atom. The number of aromatic nitrogens is 4. The summed E-state index contributed by atoms with van der Waals surface area (Å²) in [6.45, 7) is 1.45. The van der Waals surface area contributed by atoms with Crippen molar-refractivity contribution in [2.75, 3.05) is 26.2 Å². The van der Waals surface area contributed by atoms with E-state index >= 15 is 0 Å². The van der Waals surface area contributed by atoms with Crippen molar-refractivity contribution in [2.24, 2.45) is 0 Å². The molecule has 160 valence electrons. The number of carbonyl (C=O) groups is 2. The Balaban J connectivity index is 1.44. The highest BCUT2D eigenvalue weighted by molar-refractivity contribution is 6.33. The maximum Gasteiger partial charge on any atom is 0.255 e. The van der Waals surface area contributed by atoms with Gasteiger partial charge in [0.15, 0.2) is 0 Å². The molecule has 0 aliphatic carbocycles. The summed E-state index contributed by atoms with van der Waals surface area (Å²) in [5, 5.41) is 11.3. The Labute approximate surface area is 183 Å². The molecule has 0 radical (unpaired) electrons. The highest BCUT2D eigenvalue weighted by atomic mass is 35.5. The molecule has 8 nitrogen and oxygen atoms in total. The highest BCUT2D eigenvalue weighted by Gasteiger charge is 2.31.